The van der Waals surface area contributed by atoms with Gasteiger partial charge in [0.05, 0.1) is 4.92 Å². The van der Waals surface area contributed by atoms with Crippen LogP contribution < -0.4 is 15.7 Å². The molecule has 9 nitrogen and oxygen atoms in total. The first-order chi connectivity index (χ1) is 13.3. The molecule has 0 spiro atoms. The molecule has 146 valence electrons. The van der Waals surface area contributed by atoms with Crippen molar-refractivity contribution in [2.24, 2.45) is 0 Å². The largest absolute Gasteiger partial charge is 0.550 e. The van der Waals surface area contributed by atoms with E-state index in [2.05, 4.69) is 10.6 Å². The van der Waals surface area contributed by atoms with Crippen LogP contribution in [-0.4, -0.2) is 28.7 Å². The Kier molecular flexibility index (Phi) is 7.21. The SMILES string of the molecule is O=C([O-])CCC(=O)N[C@@H](Cc1ccccc1)C(=O)Nc1ccc([N+](=O)[O-])cc1. The van der Waals surface area contributed by atoms with Crippen molar-refractivity contribution in [3.8, 4) is 0 Å². The molecule has 2 aromatic rings. The van der Waals surface area contributed by atoms with E-state index in [1.165, 1.54) is 24.3 Å². The van der Waals surface area contributed by atoms with Gasteiger partial charge in [-0.3, -0.25) is 19.7 Å². The molecule has 9 heteroatoms. The molecule has 0 aliphatic heterocycles. The van der Waals surface area contributed by atoms with Crippen molar-refractivity contribution in [3.63, 3.8) is 0 Å². The maximum Gasteiger partial charge on any atom is 0.269 e. The average Bonchev–Trinajstić information content (AvgIpc) is 2.67. The summed E-state index contributed by atoms with van der Waals surface area (Å²) in [5.74, 6) is -2.48. The second kappa shape index (κ2) is 9.81. The molecule has 0 fully saturated rings. The Morgan fingerprint density at radius 1 is 0.964 bits per heavy atom. The van der Waals surface area contributed by atoms with Gasteiger partial charge in [-0.1, -0.05) is 30.3 Å². The minimum absolute atomic E-state index is 0.116. The first-order valence-electron chi connectivity index (χ1n) is 8.43. The quantitative estimate of drug-likeness (QED) is 0.484. The highest BCUT2D eigenvalue weighted by molar-refractivity contribution is 5.97. The second-order valence-electron chi connectivity index (χ2n) is 5.98. The van der Waals surface area contributed by atoms with Crippen LogP contribution in [0.3, 0.4) is 0 Å². The molecule has 1 atom stereocenters. The average molecular weight is 384 g/mol. The number of non-ortho nitro benzene ring substituents is 1. The van der Waals surface area contributed by atoms with E-state index in [4.69, 9.17) is 0 Å². The van der Waals surface area contributed by atoms with Crippen LogP contribution in [0.5, 0.6) is 0 Å². The number of aliphatic carboxylic acids is 1. The number of nitrogens with zero attached hydrogens (tertiary/aromatic N) is 1. The van der Waals surface area contributed by atoms with Crippen molar-refractivity contribution in [1.82, 2.24) is 5.32 Å². The van der Waals surface area contributed by atoms with Crippen molar-refractivity contribution in [2.75, 3.05) is 5.32 Å². The van der Waals surface area contributed by atoms with Crippen LogP contribution >= 0.6 is 0 Å². The summed E-state index contributed by atoms with van der Waals surface area (Å²) in [4.78, 5) is 45.2. The summed E-state index contributed by atoms with van der Waals surface area (Å²) in [6.45, 7) is 0. The van der Waals surface area contributed by atoms with Crippen LogP contribution in [0.2, 0.25) is 0 Å². The Morgan fingerprint density at radius 3 is 2.18 bits per heavy atom. The maximum atomic E-state index is 12.6. The van der Waals surface area contributed by atoms with Gasteiger partial charge in [-0.15, -0.1) is 0 Å². The summed E-state index contributed by atoms with van der Waals surface area (Å²) in [5, 5.41) is 26.3. The van der Waals surface area contributed by atoms with E-state index in [0.29, 0.717) is 5.69 Å². The Hall–Kier alpha value is -3.75. The minimum Gasteiger partial charge on any atom is -0.550 e. The zero-order valence-electron chi connectivity index (χ0n) is 14.8. The van der Waals surface area contributed by atoms with Crippen LogP contribution in [0.1, 0.15) is 18.4 Å². The third-order valence-electron chi connectivity index (χ3n) is 3.84. The van der Waals surface area contributed by atoms with Crippen molar-refractivity contribution in [2.45, 2.75) is 25.3 Å². The number of carbonyl (C=O) groups excluding carboxylic acids is 3. The smallest absolute Gasteiger partial charge is 0.269 e. The Morgan fingerprint density at radius 2 is 1.61 bits per heavy atom. The van der Waals surface area contributed by atoms with Gasteiger partial charge in [0.1, 0.15) is 6.04 Å². The molecule has 0 aliphatic carbocycles. The predicted molar refractivity (Wildman–Crippen MR) is 98.0 cm³/mol. The van der Waals surface area contributed by atoms with Crippen LogP contribution in [0.15, 0.2) is 54.6 Å². The number of nitro benzene ring substituents is 1. The molecule has 0 bridgehead atoms. The lowest BCUT2D eigenvalue weighted by Crippen LogP contribution is -2.45. The number of rotatable bonds is 9. The number of hydrogen-bond donors (Lipinski definition) is 2. The first-order valence-corrected chi connectivity index (χ1v) is 8.43. The van der Waals surface area contributed by atoms with Crippen LogP contribution in [0, 0.1) is 10.1 Å². The lowest BCUT2D eigenvalue weighted by Gasteiger charge is -2.19. The van der Waals surface area contributed by atoms with Gasteiger partial charge in [0, 0.05) is 36.6 Å². The fraction of sp³-hybridized carbons (Fsp3) is 0.211. The van der Waals surface area contributed by atoms with Crippen LogP contribution in [0.4, 0.5) is 11.4 Å². The molecule has 2 aromatic carbocycles. The lowest BCUT2D eigenvalue weighted by atomic mass is 10.0. The number of amides is 2. The highest BCUT2D eigenvalue weighted by Gasteiger charge is 2.21. The van der Waals surface area contributed by atoms with E-state index >= 15 is 0 Å². The zero-order chi connectivity index (χ0) is 20.5. The summed E-state index contributed by atoms with van der Waals surface area (Å²) in [5.41, 5.74) is 1.01. The maximum absolute atomic E-state index is 12.6. The monoisotopic (exact) mass is 384 g/mol. The van der Waals surface area contributed by atoms with E-state index < -0.39 is 35.2 Å². The normalized spacial score (nSPS) is 11.3. The van der Waals surface area contributed by atoms with Gasteiger partial charge in [0.25, 0.3) is 5.69 Å². The van der Waals surface area contributed by atoms with Crippen LogP contribution in [0.25, 0.3) is 0 Å². The number of nitro groups is 1. The van der Waals surface area contributed by atoms with E-state index in [9.17, 15) is 29.6 Å². The van der Waals surface area contributed by atoms with Gasteiger partial charge in [-0.05, 0) is 24.1 Å². The predicted octanol–water partition coefficient (Wildman–Crippen LogP) is 0.791. The molecule has 0 aromatic heterocycles. The minimum atomic E-state index is -1.36. The molecule has 2 rings (SSSR count). The fourth-order valence-electron chi connectivity index (χ4n) is 2.44. The molecular weight excluding hydrogens is 366 g/mol. The van der Waals surface area contributed by atoms with Gasteiger partial charge in [0.15, 0.2) is 0 Å². The molecule has 2 amide bonds. The third kappa shape index (κ3) is 6.52. The number of carboxylic acids is 1. The van der Waals surface area contributed by atoms with Gasteiger partial charge in [-0.25, -0.2) is 0 Å². The van der Waals surface area contributed by atoms with Gasteiger partial charge >= 0.3 is 0 Å². The third-order valence-corrected chi connectivity index (χ3v) is 3.84. The van der Waals surface area contributed by atoms with E-state index in [1.807, 2.05) is 6.07 Å². The number of anilines is 1. The molecule has 0 heterocycles. The van der Waals surface area contributed by atoms with E-state index in [-0.39, 0.29) is 18.5 Å². The molecule has 28 heavy (non-hydrogen) atoms. The molecule has 0 radical (unpaired) electrons. The van der Waals surface area contributed by atoms with Crippen LogP contribution in [-0.2, 0) is 20.8 Å². The Bertz CT molecular complexity index is 852. The standard InChI is InChI=1S/C19H19N3O6/c23-17(10-11-18(24)25)21-16(12-13-4-2-1-3-5-13)19(26)20-14-6-8-15(9-7-14)22(27)28/h1-9,16H,10-12H2,(H,20,26)(H,21,23)(H,24,25)/p-1/t16-/m0/s1. The number of carbonyl (C=O) groups is 3. The van der Waals surface area contributed by atoms with Crippen molar-refractivity contribution >= 4 is 29.2 Å². The summed E-state index contributed by atoms with van der Waals surface area (Å²) < 4.78 is 0. The Balaban J connectivity index is 2.09. The zero-order valence-corrected chi connectivity index (χ0v) is 14.8. The number of hydrogen-bond acceptors (Lipinski definition) is 6. The highest BCUT2D eigenvalue weighted by atomic mass is 16.6. The molecule has 0 aliphatic rings. The van der Waals surface area contributed by atoms with Crippen molar-refractivity contribution in [1.29, 1.82) is 0 Å². The summed E-state index contributed by atoms with van der Waals surface area (Å²) in [7, 11) is 0. The molecule has 0 saturated carbocycles. The lowest BCUT2D eigenvalue weighted by molar-refractivity contribution is -0.384. The molecule has 0 saturated heterocycles. The summed E-state index contributed by atoms with van der Waals surface area (Å²) >= 11 is 0. The fourth-order valence-corrected chi connectivity index (χ4v) is 2.44. The van der Waals surface area contributed by atoms with Gasteiger partial charge in [0.2, 0.25) is 11.8 Å². The topological polar surface area (TPSA) is 141 Å². The molecular formula is C19H18N3O6-. The van der Waals surface area contributed by atoms with E-state index in [0.717, 1.165) is 5.56 Å². The van der Waals surface area contributed by atoms with Gasteiger partial charge in [-0.2, -0.15) is 0 Å². The second-order valence-corrected chi connectivity index (χ2v) is 5.98. The first kappa shape index (κ1) is 20.6. The van der Waals surface area contributed by atoms with E-state index in [1.54, 1.807) is 24.3 Å². The Labute approximate surface area is 160 Å². The number of benzene rings is 2. The molecule has 2 N–H and O–H groups in total. The number of nitrogens with one attached hydrogen (secondary N) is 2. The van der Waals surface area contributed by atoms with Crippen molar-refractivity contribution < 1.29 is 24.4 Å². The van der Waals surface area contributed by atoms with Gasteiger partial charge < -0.3 is 20.5 Å². The summed E-state index contributed by atoms with van der Waals surface area (Å²) in [6.07, 6.45) is -0.566. The van der Waals surface area contributed by atoms with Crippen molar-refractivity contribution in [3.05, 3.63) is 70.3 Å². The molecule has 0 unspecified atom stereocenters. The summed E-state index contributed by atoms with van der Waals surface area (Å²) in [6, 6.07) is 13.3. The number of carboxylic acid groups (broad SMARTS) is 1. The highest BCUT2D eigenvalue weighted by Crippen LogP contribution is 2.16.